The zero-order chi connectivity index (χ0) is 9.19. The van der Waals surface area contributed by atoms with Gasteiger partial charge in [0.1, 0.15) is 0 Å². The van der Waals surface area contributed by atoms with E-state index in [9.17, 15) is 0 Å². The van der Waals surface area contributed by atoms with Crippen LogP contribution in [0.15, 0.2) is 23.4 Å². The van der Waals surface area contributed by atoms with Gasteiger partial charge in [0.25, 0.3) is 0 Å². The highest BCUT2D eigenvalue weighted by Gasteiger charge is 2.13. The van der Waals surface area contributed by atoms with Crippen molar-refractivity contribution < 1.29 is 0 Å². The van der Waals surface area contributed by atoms with Gasteiger partial charge in [-0.15, -0.1) is 11.8 Å². The van der Waals surface area contributed by atoms with Gasteiger partial charge < -0.3 is 0 Å². The molecule has 1 aromatic rings. The van der Waals surface area contributed by atoms with Crippen LogP contribution in [0.25, 0.3) is 0 Å². The topological polar surface area (TPSA) is 12.9 Å². The summed E-state index contributed by atoms with van der Waals surface area (Å²) >= 11 is 1.68. The molecular formula is C10H15NS. The van der Waals surface area contributed by atoms with Crippen LogP contribution in [0.4, 0.5) is 0 Å². The summed E-state index contributed by atoms with van der Waals surface area (Å²) in [4.78, 5) is 4.33. The Morgan fingerprint density at radius 3 is 2.25 bits per heavy atom. The van der Waals surface area contributed by atoms with E-state index >= 15 is 0 Å². The second-order valence-electron chi connectivity index (χ2n) is 3.84. The standard InChI is InChI=1S/C10H15NS/c1-10(2,3)8-5-6-9(12-4)11-7-8/h5-7H,1-4H3. The molecule has 0 unspecified atom stereocenters. The van der Waals surface area contributed by atoms with E-state index in [2.05, 4.69) is 37.9 Å². The second kappa shape index (κ2) is 3.48. The Balaban J connectivity index is 2.93. The van der Waals surface area contributed by atoms with Crippen LogP contribution in [0.2, 0.25) is 0 Å². The minimum Gasteiger partial charge on any atom is -0.250 e. The van der Waals surface area contributed by atoms with Crippen LogP contribution in [0.3, 0.4) is 0 Å². The van der Waals surface area contributed by atoms with Crippen LogP contribution in [-0.2, 0) is 5.41 Å². The Morgan fingerprint density at radius 1 is 1.25 bits per heavy atom. The Bertz CT molecular complexity index is 246. The lowest BCUT2D eigenvalue weighted by Crippen LogP contribution is -2.11. The third-order valence-electron chi connectivity index (χ3n) is 1.81. The van der Waals surface area contributed by atoms with Gasteiger partial charge in [0.05, 0.1) is 5.03 Å². The van der Waals surface area contributed by atoms with Gasteiger partial charge in [0.15, 0.2) is 0 Å². The third kappa shape index (κ3) is 2.24. The van der Waals surface area contributed by atoms with E-state index in [4.69, 9.17) is 0 Å². The lowest BCUT2D eigenvalue weighted by Gasteiger charge is -2.18. The maximum atomic E-state index is 4.33. The van der Waals surface area contributed by atoms with E-state index in [1.165, 1.54) is 5.56 Å². The van der Waals surface area contributed by atoms with Crippen molar-refractivity contribution in [1.82, 2.24) is 4.98 Å². The summed E-state index contributed by atoms with van der Waals surface area (Å²) in [6.07, 6.45) is 4.00. The van der Waals surface area contributed by atoms with Gasteiger partial charge >= 0.3 is 0 Å². The molecule has 1 heterocycles. The summed E-state index contributed by atoms with van der Waals surface area (Å²) in [7, 11) is 0. The maximum absolute atomic E-state index is 4.33. The first-order chi connectivity index (χ1) is 5.54. The first-order valence-electron chi connectivity index (χ1n) is 4.04. The van der Waals surface area contributed by atoms with Crippen LogP contribution in [0.5, 0.6) is 0 Å². The number of thioether (sulfide) groups is 1. The lowest BCUT2D eigenvalue weighted by atomic mass is 9.88. The van der Waals surface area contributed by atoms with Crippen LogP contribution >= 0.6 is 11.8 Å². The highest BCUT2D eigenvalue weighted by Crippen LogP contribution is 2.22. The average molecular weight is 181 g/mol. The molecule has 1 rings (SSSR count). The van der Waals surface area contributed by atoms with Gasteiger partial charge in [-0.25, -0.2) is 4.98 Å². The molecule has 0 atom stereocenters. The minimum atomic E-state index is 0.212. The fourth-order valence-electron chi connectivity index (χ4n) is 0.945. The molecule has 0 bridgehead atoms. The first-order valence-corrected chi connectivity index (χ1v) is 5.27. The monoisotopic (exact) mass is 181 g/mol. The molecule has 0 fully saturated rings. The molecule has 0 aromatic carbocycles. The number of hydrogen-bond donors (Lipinski definition) is 0. The number of rotatable bonds is 1. The highest BCUT2D eigenvalue weighted by molar-refractivity contribution is 7.98. The van der Waals surface area contributed by atoms with Crippen LogP contribution < -0.4 is 0 Å². The molecule has 1 aromatic heterocycles. The molecule has 0 amide bonds. The minimum absolute atomic E-state index is 0.212. The predicted molar refractivity (Wildman–Crippen MR) is 54.7 cm³/mol. The molecule has 12 heavy (non-hydrogen) atoms. The van der Waals surface area contributed by atoms with E-state index in [1.807, 2.05) is 12.5 Å². The normalized spacial score (nSPS) is 11.7. The van der Waals surface area contributed by atoms with Gasteiger partial charge in [0.2, 0.25) is 0 Å². The number of hydrogen-bond acceptors (Lipinski definition) is 2. The Labute approximate surface area is 78.6 Å². The molecule has 0 N–H and O–H groups in total. The maximum Gasteiger partial charge on any atom is 0.0957 e. The Hall–Kier alpha value is -0.500. The van der Waals surface area contributed by atoms with Crippen molar-refractivity contribution in [2.24, 2.45) is 0 Å². The fourth-order valence-corrected chi connectivity index (χ4v) is 1.31. The fraction of sp³-hybridized carbons (Fsp3) is 0.500. The van der Waals surface area contributed by atoms with Crippen molar-refractivity contribution >= 4 is 11.8 Å². The molecule has 2 heteroatoms. The van der Waals surface area contributed by atoms with Gasteiger partial charge in [-0.2, -0.15) is 0 Å². The van der Waals surface area contributed by atoms with E-state index < -0.39 is 0 Å². The smallest absolute Gasteiger partial charge is 0.0957 e. The summed E-state index contributed by atoms with van der Waals surface area (Å²) in [5, 5.41) is 1.09. The molecular weight excluding hydrogens is 166 g/mol. The summed E-state index contributed by atoms with van der Waals surface area (Å²) < 4.78 is 0. The molecule has 0 radical (unpaired) electrons. The number of pyridine rings is 1. The lowest BCUT2D eigenvalue weighted by molar-refractivity contribution is 0.586. The SMILES string of the molecule is CSc1ccc(C(C)(C)C)cn1. The van der Waals surface area contributed by atoms with E-state index in [0.717, 1.165) is 5.03 Å². The zero-order valence-corrected chi connectivity index (χ0v) is 8.90. The van der Waals surface area contributed by atoms with Crippen molar-refractivity contribution in [3.8, 4) is 0 Å². The highest BCUT2D eigenvalue weighted by atomic mass is 32.2. The van der Waals surface area contributed by atoms with E-state index in [0.29, 0.717) is 0 Å². The molecule has 0 spiro atoms. The molecule has 66 valence electrons. The van der Waals surface area contributed by atoms with Crippen molar-refractivity contribution in [3.63, 3.8) is 0 Å². The molecule has 0 saturated carbocycles. The zero-order valence-electron chi connectivity index (χ0n) is 8.09. The van der Waals surface area contributed by atoms with Crippen LogP contribution in [0, 0.1) is 0 Å². The summed E-state index contributed by atoms with van der Waals surface area (Å²) in [5.41, 5.74) is 1.50. The van der Waals surface area contributed by atoms with Gasteiger partial charge in [0, 0.05) is 6.20 Å². The van der Waals surface area contributed by atoms with Crippen LogP contribution in [0.1, 0.15) is 26.3 Å². The molecule has 0 saturated heterocycles. The summed E-state index contributed by atoms with van der Waals surface area (Å²) in [6, 6.07) is 4.23. The van der Waals surface area contributed by atoms with E-state index in [-0.39, 0.29) is 5.41 Å². The van der Waals surface area contributed by atoms with Gasteiger partial charge in [-0.1, -0.05) is 26.8 Å². The number of nitrogens with zero attached hydrogens (tertiary/aromatic N) is 1. The van der Waals surface area contributed by atoms with Crippen molar-refractivity contribution in [1.29, 1.82) is 0 Å². The molecule has 0 aliphatic rings. The second-order valence-corrected chi connectivity index (χ2v) is 4.67. The predicted octanol–water partition coefficient (Wildman–Crippen LogP) is 3.10. The van der Waals surface area contributed by atoms with Crippen molar-refractivity contribution in [3.05, 3.63) is 23.9 Å². The van der Waals surface area contributed by atoms with Crippen molar-refractivity contribution in [2.45, 2.75) is 31.2 Å². The summed E-state index contributed by atoms with van der Waals surface area (Å²) in [5.74, 6) is 0. The van der Waals surface area contributed by atoms with Gasteiger partial charge in [-0.05, 0) is 23.3 Å². The number of aromatic nitrogens is 1. The Morgan fingerprint density at radius 2 is 1.92 bits per heavy atom. The third-order valence-corrected chi connectivity index (χ3v) is 2.47. The quantitative estimate of drug-likeness (QED) is 0.617. The van der Waals surface area contributed by atoms with E-state index in [1.54, 1.807) is 11.8 Å². The molecule has 1 nitrogen and oxygen atoms in total. The largest absolute Gasteiger partial charge is 0.250 e. The van der Waals surface area contributed by atoms with Crippen molar-refractivity contribution in [2.75, 3.05) is 6.26 Å². The van der Waals surface area contributed by atoms with Crippen LogP contribution in [-0.4, -0.2) is 11.2 Å². The summed E-state index contributed by atoms with van der Waals surface area (Å²) in [6.45, 7) is 6.59. The Kier molecular flexibility index (Phi) is 2.78. The first kappa shape index (κ1) is 9.59. The average Bonchev–Trinajstić information content (AvgIpc) is 2.03. The van der Waals surface area contributed by atoms with Gasteiger partial charge in [-0.3, -0.25) is 0 Å². The molecule has 0 aliphatic heterocycles. The molecule has 0 aliphatic carbocycles.